The third-order valence-corrected chi connectivity index (χ3v) is 5.27. The fourth-order valence-electron chi connectivity index (χ4n) is 4.00. The first-order valence-corrected chi connectivity index (χ1v) is 9.25. The summed E-state index contributed by atoms with van der Waals surface area (Å²) in [6.07, 6.45) is 0. The molecular weight excluding hydrogens is 328 g/mol. The molecule has 0 saturated carbocycles. The third kappa shape index (κ3) is 2.53. The van der Waals surface area contributed by atoms with Crippen molar-refractivity contribution in [2.45, 2.75) is 13.8 Å². The highest BCUT2D eigenvalue weighted by Gasteiger charge is 2.11. The second-order valence-corrected chi connectivity index (χ2v) is 7.02. The topological polar surface area (TPSA) is 17.8 Å². The third-order valence-electron chi connectivity index (χ3n) is 5.27. The van der Waals surface area contributed by atoms with E-state index in [9.17, 15) is 0 Å². The van der Waals surface area contributed by atoms with Crippen LogP contribution in [-0.4, -0.2) is 9.55 Å². The molecule has 3 aromatic carbocycles. The van der Waals surface area contributed by atoms with E-state index in [1.807, 2.05) is 0 Å². The number of aromatic nitrogens is 2. The summed E-state index contributed by atoms with van der Waals surface area (Å²) in [5, 5.41) is 2.38. The molecule has 2 heterocycles. The van der Waals surface area contributed by atoms with E-state index < -0.39 is 0 Å². The highest BCUT2D eigenvalue weighted by atomic mass is 15.0. The van der Waals surface area contributed by atoms with Gasteiger partial charge in [0.1, 0.15) is 0 Å². The number of benzene rings is 3. The van der Waals surface area contributed by atoms with Gasteiger partial charge >= 0.3 is 0 Å². The number of rotatable bonds is 2. The largest absolute Gasteiger partial charge is 0.319 e. The van der Waals surface area contributed by atoms with Crippen molar-refractivity contribution in [2.24, 2.45) is 0 Å². The molecule has 0 spiro atoms. The predicted molar refractivity (Wildman–Crippen MR) is 113 cm³/mol. The van der Waals surface area contributed by atoms with Gasteiger partial charge in [0.05, 0.1) is 11.0 Å². The number of nitrogens with zero attached hydrogens (tertiary/aromatic N) is 2. The normalized spacial score (nSPS) is 11.3. The van der Waals surface area contributed by atoms with Crippen LogP contribution in [0.2, 0.25) is 0 Å². The Morgan fingerprint density at radius 3 is 1.67 bits per heavy atom. The van der Waals surface area contributed by atoms with Gasteiger partial charge in [-0.25, -0.2) is 4.98 Å². The number of para-hydroxylation sites is 2. The molecule has 0 radical (unpaired) electrons. The maximum Gasteiger partial charge on any atom is 0.0715 e. The average molecular weight is 348 g/mol. The number of hydrogen-bond acceptors (Lipinski definition) is 1. The van der Waals surface area contributed by atoms with Crippen LogP contribution in [0.1, 0.15) is 11.4 Å². The van der Waals surface area contributed by atoms with Crippen LogP contribution in [0.15, 0.2) is 84.9 Å². The maximum atomic E-state index is 4.84. The van der Waals surface area contributed by atoms with Crippen molar-refractivity contribution in [1.82, 2.24) is 9.55 Å². The molecule has 0 N–H and O–H groups in total. The van der Waals surface area contributed by atoms with Crippen LogP contribution in [-0.2, 0) is 0 Å². The van der Waals surface area contributed by atoms with E-state index in [2.05, 4.69) is 103 Å². The molecule has 0 saturated heterocycles. The minimum Gasteiger partial charge on any atom is -0.319 e. The Morgan fingerprint density at radius 1 is 0.593 bits per heavy atom. The van der Waals surface area contributed by atoms with E-state index in [1.165, 1.54) is 39.0 Å². The summed E-state index contributed by atoms with van der Waals surface area (Å²) in [4.78, 5) is 4.84. The highest BCUT2D eigenvalue weighted by molar-refractivity contribution is 6.09. The van der Waals surface area contributed by atoms with Crippen molar-refractivity contribution in [3.8, 4) is 16.8 Å². The Hall–Kier alpha value is -3.39. The van der Waals surface area contributed by atoms with Crippen LogP contribution >= 0.6 is 0 Å². The Kier molecular flexibility index (Phi) is 3.58. The molecule has 2 heteroatoms. The molecule has 0 fully saturated rings. The Labute approximate surface area is 158 Å². The van der Waals surface area contributed by atoms with Gasteiger partial charge in [-0.2, -0.15) is 0 Å². The van der Waals surface area contributed by atoms with Gasteiger partial charge in [0.25, 0.3) is 0 Å². The Bertz CT molecular complexity index is 1200. The molecular formula is C25H20N2. The molecule has 0 bridgehead atoms. The SMILES string of the molecule is Cc1ccc(C)n1-c1ccc(-c2c3ccccc3nc3ccccc23)cc1. The second kappa shape index (κ2) is 6.10. The zero-order valence-electron chi connectivity index (χ0n) is 15.5. The monoisotopic (exact) mass is 348 g/mol. The first kappa shape index (κ1) is 15.8. The highest BCUT2D eigenvalue weighted by Crippen LogP contribution is 2.35. The van der Waals surface area contributed by atoms with Crippen LogP contribution in [0.5, 0.6) is 0 Å². The van der Waals surface area contributed by atoms with E-state index in [1.54, 1.807) is 0 Å². The van der Waals surface area contributed by atoms with Gasteiger partial charge in [-0.3, -0.25) is 0 Å². The lowest BCUT2D eigenvalue weighted by Gasteiger charge is -2.13. The van der Waals surface area contributed by atoms with Crippen molar-refractivity contribution in [3.63, 3.8) is 0 Å². The molecule has 5 rings (SSSR count). The summed E-state index contributed by atoms with van der Waals surface area (Å²) in [6, 6.07) is 30.0. The number of pyridine rings is 1. The smallest absolute Gasteiger partial charge is 0.0715 e. The first-order valence-electron chi connectivity index (χ1n) is 9.25. The van der Waals surface area contributed by atoms with Gasteiger partial charge in [-0.15, -0.1) is 0 Å². The van der Waals surface area contributed by atoms with E-state index in [4.69, 9.17) is 4.98 Å². The molecule has 5 aromatic rings. The average Bonchev–Trinajstić information content (AvgIpc) is 3.04. The van der Waals surface area contributed by atoms with Gasteiger partial charge < -0.3 is 4.57 Å². The number of aryl methyl sites for hydroxylation is 2. The van der Waals surface area contributed by atoms with Crippen LogP contribution in [0.4, 0.5) is 0 Å². The minimum absolute atomic E-state index is 1.03. The second-order valence-electron chi connectivity index (χ2n) is 7.02. The predicted octanol–water partition coefficient (Wildman–Crippen LogP) is 6.46. The first-order chi connectivity index (χ1) is 13.2. The molecule has 2 nitrogen and oxygen atoms in total. The van der Waals surface area contributed by atoms with Crippen molar-refractivity contribution in [1.29, 1.82) is 0 Å². The van der Waals surface area contributed by atoms with Gasteiger partial charge in [0.2, 0.25) is 0 Å². The van der Waals surface area contributed by atoms with Crippen LogP contribution in [0.25, 0.3) is 38.6 Å². The van der Waals surface area contributed by atoms with Crippen LogP contribution < -0.4 is 0 Å². The Balaban J connectivity index is 1.75. The van der Waals surface area contributed by atoms with Gasteiger partial charge in [0, 0.05) is 33.4 Å². The maximum absolute atomic E-state index is 4.84. The van der Waals surface area contributed by atoms with E-state index in [0.29, 0.717) is 0 Å². The number of fused-ring (bicyclic) bond motifs is 2. The van der Waals surface area contributed by atoms with E-state index >= 15 is 0 Å². The van der Waals surface area contributed by atoms with Gasteiger partial charge in [0.15, 0.2) is 0 Å². The van der Waals surface area contributed by atoms with Crippen molar-refractivity contribution in [3.05, 3.63) is 96.3 Å². The minimum atomic E-state index is 1.03. The lowest BCUT2D eigenvalue weighted by Crippen LogP contribution is -1.98. The molecule has 0 unspecified atom stereocenters. The molecule has 0 aliphatic heterocycles. The molecule has 0 atom stereocenters. The molecule has 130 valence electrons. The van der Waals surface area contributed by atoms with Crippen LogP contribution in [0, 0.1) is 13.8 Å². The summed E-state index contributed by atoms with van der Waals surface area (Å²) < 4.78 is 2.28. The zero-order chi connectivity index (χ0) is 18.4. The molecule has 0 amide bonds. The summed E-state index contributed by atoms with van der Waals surface area (Å²) in [7, 11) is 0. The van der Waals surface area contributed by atoms with E-state index in [-0.39, 0.29) is 0 Å². The standard InChI is InChI=1S/C25H20N2/c1-17-11-12-18(2)27(17)20-15-13-19(14-16-20)25-21-7-3-5-9-23(21)26-24-10-6-4-8-22(24)25/h3-16H,1-2H3. The summed E-state index contributed by atoms with van der Waals surface area (Å²) in [6.45, 7) is 4.29. The van der Waals surface area contributed by atoms with Crippen molar-refractivity contribution >= 4 is 21.8 Å². The molecule has 0 aliphatic rings. The quantitative estimate of drug-likeness (QED) is 0.335. The summed E-state index contributed by atoms with van der Waals surface area (Å²) >= 11 is 0. The van der Waals surface area contributed by atoms with Gasteiger partial charge in [-0.1, -0.05) is 48.5 Å². The molecule has 2 aromatic heterocycles. The summed E-state index contributed by atoms with van der Waals surface area (Å²) in [5.41, 5.74) is 8.24. The summed E-state index contributed by atoms with van der Waals surface area (Å²) in [5.74, 6) is 0. The fourth-order valence-corrected chi connectivity index (χ4v) is 4.00. The van der Waals surface area contributed by atoms with Crippen molar-refractivity contribution < 1.29 is 0 Å². The zero-order valence-corrected chi connectivity index (χ0v) is 15.5. The Morgan fingerprint density at radius 2 is 1.11 bits per heavy atom. The fraction of sp³-hybridized carbons (Fsp3) is 0.0800. The molecule has 27 heavy (non-hydrogen) atoms. The van der Waals surface area contributed by atoms with E-state index in [0.717, 1.165) is 11.0 Å². The molecule has 0 aliphatic carbocycles. The van der Waals surface area contributed by atoms with Crippen LogP contribution in [0.3, 0.4) is 0 Å². The number of hydrogen-bond donors (Lipinski definition) is 0. The lowest BCUT2D eigenvalue weighted by atomic mass is 9.96. The lowest BCUT2D eigenvalue weighted by molar-refractivity contribution is 0.966. The van der Waals surface area contributed by atoms with Crippen molar-refractivity contribution in [2.75, 3.05) is 0 Å². The van der Waals surface area contributed by atoms with Gasteiger partial charge in [-0.05, 0) is 55.8 Å².